The van der Waals surface area contributed by atoms with Gasteiger partial charge in [0.2, 0.25) is 0 Å². The van der Waals surface area contributed by atoms with Crippen LogP contribution >= 0.6 is 7.82 Å². The predicted octanol–water partition coefficient (Wildman–Crippen LogP) is 23.5. The summed E-state index contributed by atoms with van der Waals surface area (Å²) in [6.45, 7) is 3.93. The fourth-order valence-corrected chi connectivity index (χ4v) is 9.46. The van der Waals surface area contributed by atoms with E-state index in [9.17, 15) is 19.0 Å². The van der Waals surface area contributed by atoms with Crippen LogP contribution in [0.25, 0.3) is 0 Å². The molecule has 0 heterocycles. The van der Waals surface area contributed by atoms with E-state index in [0.717, 1.165) is 193 Å². The summed E-state index contributed by atoms with van der Waals surface area (Å²) in [5.74, 6) is -0.892. The lowest BCUT2D eigenvalue weighted by Crippen LogP contribution is -2.37. The van der Waals surface area contributed by atoms with E-state index >= 15 is 0 Å². The zero-order valence-electron chi connectivity index (χ0n) is 59.5. The quantitative estimate of drug-likeness (QED) is 0.0195. The Morgan fingerprint density at radius 2 is 0.574 bits per heavy atom. The van der Waals surface area contributed by atoms with Crippen molar-refractivity contribution in [2.24, 2.45) is 0 Å². The number of ether oxygens (including phenoxy) is 2. The first kappa shape index (κ1) is 88.1. The monoisotopic (exact) mass is 1310 g/mol. The fraction of sp³-hybridized carbons (Fsp3) is 0.524. The minimum absolute atomic E-state index is 0.0512. The van der Waals surface area contributed by atoms with E-state index in [0.29, 0.717) is 23.9 Å². The van der Waals surface area contributed by atoms with Crippen molar-refractivity contribution in [3.8, 4) is 0 Å². The van der Waals surface area contributed by atoms with Crippen LogP contribution in [0.3, 0.4) is 0 Å². The Kier molecular flexibility index (Phi) is 66.9. The number of allylic oxidation sites excluding steroid dienone is 38. The van der Waals surface area contributed by atoms with Gasteiger partial charge in [-0.1, -0.05) is 290 Å². The van der Waals surface area contributed by atoms with Crippen LogP contribution in [0.1, 0.15) is 232 Å². The van der Waals surface area contributed by atoms with Gasteiger partial charge in [-0.15, -0.1) is 0 Å². The summed E-state index contributed by atoms with van der Waals surface area (Å²) in [5.41, 5.74) is 0. The number of hydrogen-bond donors (Lipinski definition) is 0. The van der Waals surface area contributed by atoms with Crippen molar-refractivity contribution in [3.05, 3.63) is 231 Å². The van der Waals surface area contributed by atoms with Gasteiger partial charge in [-0.3, -0.25) is 14.2 Å². The summed E-state index contributed by atoms with van der Waals surface area (Å²) in [4.78, 5) is 38.1. The molecule has 0 radical (unpaired) electrons. The number of likely N-dealkylation sites (N-methyl/N-ethyl adjacent to an activating group) is 1. The third-order valence-corrected chi connectivity index (χ3v) is 15.1. The van der Waals surface area contributed by atoms with Gasteiger partial charge in [-0.25, -0.2) is 0 Å². The standard InChI is InChI=1S/C84H130NO8P/c1-6-8-10-12-14-16-18-20-22-24-26-28-30-32-34-36-38-40-41-42-43-45-47-49-51-53-55-57-59-61-63-65-67-69-71-73-75-77-84(87)93-82(81-92-94(88,89)91-79-78-85(3,4)5)80-90-83(86)76-74-72-70-68-66-64-62-60-58-56-54-52-50-48-46-44-39-37-35-33-31-29-27-25-23-21-19-17-15-13-11-9-7-2/h8-11,14-17,20-23,26-29,32-35,38-40,42-44,47-50,53-56,59-62,82H,6-7,12-13,18-19,24-25,30-31,36-37,41,45-46,51-52,57-58,63-81H2,1-5H3/b10-8-,11-9-,16-14-,17-15-,22-20-,23-21-,28-26-,29-27-,34-32-,35-33-,40-38-,43-42-,44-39-,49-47-,50-48-,55-53-,56-54-,61-59-,62-60-. The minimum atomic E-state index is -4.67. The maximum Gasteiger partial charge on any atom is 0.306 e. The van der Waals surface area contributed by atoms with Crippen LogP contribution in [0.4, 0.5) is 0 Å². The van der Waals surface area contributed by atoms with Gasteiger partial charge in [0.05, 0.1) is 27.7 Å². The average Bonchev–Trinajstić information content (AvgIpc) is 1.56. The molecule has 0 aromatic rings. The topological polar surface area (TPSA) is 111 Å². The molecule has 0 aliphatic rings. The highest BCUT2D eigenvalue weighted by atomic mass is 31.2. The summed E-state index contributed by atoms with van der Waals surface area (Å²) in [6, 6.07) is 0. The SMILES string of the molecule is CC/C=C\C/C=C\C/C=C\C/C=C\C/C=C\C/C=C\C/C=C\C/C=C\C/C=C\C/C=C\CCCCCCCCC(=O)OC(COC(=O)CCCCCCC/C=C\C/C=C\C/C=C\C/C=C\C/C=C\C/C=C\C/C=C\C/C=C\C/C=C\CC)COP(=O)([O-])OCC[N+](C)(C)C. The second-order valence-electron chi connectivity index (χ2n) is 24.1. The van der Waals surface area contributed by atoms with E-state index in [1.807, 2.05) is 21.1 Å². The van der Waals surface area contributed by atoms with E-state index in [2.05, 4.69) is 245 Å². The van der Waals surface area contributed by atoms with Crippen LogP contribution in [0.5, 0.6) is 0 Å². The molecular weight excluding hydrogens is 1180 g/mol. The Balaban J connectivity index is 4.23. The molecule has 0 rings (SSSR count). The second-order valence-corrected chi connectivity index (χ2v) is 25.5. The van der Waals surface area contributed by atoms with Crippen molar-refractivity contribution in [2.45, 2.75) is 238 Å². The Hall–Kier alpha value is -5.93. The number of esters is 2. The smallest absolute Gasteiger partial charge is 0.306 e. The maximum absolute atomic E-state index is 12.9. The number of hydrogen-bond acceptors (Lipinski definition) is 8. The van der Waals surface area contributed by atoms with Crippen LogP contribution in [-0.2, 0) is 32.7 Å². The molecule has 2 unspecified atom stereocenters. The molecule has 2 atom stereocenters. The predicted molar refractivity (Wildman–Crippen MR) is 405 cm³/mol. The lowest BCUT2D eigenvalue weighted by atomic mass is 10.1. The highest BCUT2D eigenvalue weighted by Gasteiger charge is 2.22. The number of phosphoric acid groups is 1. The molecule has 524 valence electrons. The first-order chi connectivity index (χ1) is 46.0. The molecule has 0 N–H and O–H groups in total. The van der Waals surface area contributed by atoms with Crippen molar-refractivity contribution >= 4 is 19.8 Å². The molecule has 10 heteroatoms. The molecule has 0 aliphatic carbocycles. The third kappa shape index (κ3) is 75.1. The Morgan fingerprint density at radius 3 is 0.851 bits per heavy atom. The molecule has 0 saturated carbocycles. The molecule has 9 nitrogen and oxygen atoms in total. The molecule has 0 aromatic carbocycles. The number of quaternary nitrogens is 1. The first-order valence-electron chi connectivity index (χ1n) is 36.1. The highest BCUT2D eigenvalue weighted by Crippen LogP contribution is 2.38. The lowest BCUT2D eigenvalue weighted by molar-refractivity contribution is -0.870. The van der Waals surface area contributed by atoms with Gasteiger partial charge in [-0.05, 0) is 161 Å². The first-order valence-corrected chi connectivity index (χ1v) is 37.6. The van der Waals surface area contributed by atoms with Crippen molar-refractivity contribution in [2.75, 3.05) is 47.5 Å². The van der Waals surface area contributed by atoms with Gasteiger partial charge in [0.1, 0.15) is 19.8 Å². The van der Waals surface area contributed by atoms with Gasteiger partial charge in [0.25, 0.3) is 7.82 Å². The number of rotatable bonds is 63. The van der Waals surface area contributed by atoms with Crippen LogP contribution in [-0.4, -0.2) is 70.0 Å². The lowest BCUT2D eigenvalue weighted by Gasteiger charge is -2.28. The van der Waals surface area contributed by atoms with Gasteiger partial charge in [0.15, 0.2) is 6.10 Å². The summed E-state index contributed by atoms with van der Waals surface area (Å²) < 4.78 is 34.3. The van der Waals surface area contributed by atoms with Gasteiger partial charge in [0, 0.05) is 12.8 Å². The van der Waals surface area contributed by atoms with Gasteiger partial charge < -0.3 is 27.9 Å². The molecule has 0 spiro atoms. The van der Waals surface area contributed by atoms with Crippen LogP contribution in [0, 0.1) is 0 Å². The largest absolute Gasteiger partial charge is 0.756 e. The number of carbonyl (C=O) groups is 2. The zero-order valence-corrected chi connectivity index (χ0v) is 60.4. The van der Waals surface area contributed by atoms with Gasteiger partial charge >= 0.3 is 11.9 Å². The molecule has 0 bridgehead atoms. The highest BCUT2D eigenvalue weighted by molar-refractivity contribution is 7.45. The maximum atomic E-state index is 12.9. The van der Waals surface area contributed by atoms with Gasteiger partial charge in [-0.2, -0.15) is 0 Å². The third-order valence-electron chi connectivity index (χ3n) is 14.2. The molecule has 0 aliphatic heterocycles. The Morgan fingerprint density at radius 1 is 0.330 bits per heavy atom. The molecular formula is C84H130NO8P. The number of unbranched alkanes of at least 4 members (excludes halogenated alkanes) is 11. The number of carbonyl (C=O) groups excluding carboxylic acids is 2. The summed E-state index contributed by atoms with van der Waals surface area (Å²) in [6.07, 6.45) is 115. The van der Waals surface area contributed by atoms with Crippen molar-refractivity contribution < 1.29 is 42.1 Å². The summed E-state index contributed by atoms with van der Waals surface area (Å²) >= 11 is 0. The fourth-order valence-electron chi connectivity index (χ4n) is 8.73. The average molecular weight is 1310 g/mol. The number of phosphoric ester groups is 1. The van der Waals surface area contributed by atoms with E-state index in [-0.39, 0.29) is 26.1 Å². The normalized spacial score (nSPS) is 14.5. The van der Waals surface area contributed by atoms with Crippen LogP contribution in [0.15, 0.2) is 231 Å². The molecule has 0 aromatic heterocycles. The van der Waals surface area contributed by atoms with E-state index < -0.39 is 32.5 Å². The van der Waals surface area contributed by atoms with Crippen molar-refractivity contribution in [1.82, 2.24) is 0 Å². The Bertz CT molecular complexity index is 2440. The molecule has 94 heavy (non-hydrogen) atoms. The van der Waals surface area contributed by atoms with Crippen molar-refractivity contribution in [3.63, 3.8) is 0 Å². The van der Waals surface area contributed by atoms with Crippen molar-refractivity contribution in [1.29, 1.82) is 0 Å². The molecule has 0 amide bonds. The van der Waals surface area contributed by atoms with E-state index in [4.69, 9.17) is 18.5 Å². The second kappa shape index (κ2) is 71.4. The van der Waals surface area contributed by atoms with Crippen LogP contribution < -0.4 is 4.89 Å². The minimum Gasteiger partial charge on any atom is -0.756 e. The van der Waals surface area contributed by atoms with E-state index in [1.165, 1.54) is 0 Å². The Labute approximate surface area is 575 Å². The summed E-state index contributed by atoms with van der Waals surface area (Å²) in [5, 5.41) is 0. The van der Waals surface area contributed by atoms with Crippen LogP contribution in [0.2, 0.25) is 0 Å². The molecule has 0 saturated heterocycles. The number of nitrogens with zero attached hydrogens (tertiary/aromatic N) is 1. The zero-order chi connectivity index (χ0) is 68.3. The summed E-state index contributed by atoms with van der Waals surface area (Å²) in [7, 11) is 1.11. The van der Waals surface area contributed by atoms with E-state index in [1.54, 1.807) is 0 Å². The molecule has 0 fully saturated rings.